The Hall–Kier alpha value is -1.89. The first-order valence-corrected chi connectivity index (χ1v) is 9.69. The van der Waals surface area contributed by atoms with Crippen LogP contribution in [-0.2, 0) is 20.9 Å². The van der Waals surface area contributed by atoms with Gasteiger partial charge in [-0.05, 0) is 24.5 Å². The summed E-state index contributed by atoms with van der Waals surface area (Å²) >= 11 is 6.08. The molecule has 1 saturated carbocycles. The molecule has 0 aromatic heterocycles. The van der Waals surface area contributed by atoms with Gasteiger partial charge >= 0.3 is 0 Å². The summed E-state index contributed by atoms with van der Waals surface area (Å²) in [7, 11) is 0. The maximum atomic E-state index is 12.2. The van der Waals surface area contributed by atoms with Crippen molar-refractivity contribution in [3.05, 3.63) is 47.0 Å². The highest BCUT2D eigenvalue weighted by atomic mass is 35.5. The van der Waals surface area contributed by atoms with Crippen LogP contribution >= 0.6 is 11.6 Å². The summed E-state index contributed by atoms with van der Waals surface area (Å²) in [5.74, 6) is -0.0850. The summed E-state index contributed by atoms with van der Waals surface area (Å²) in [6, 6.07) is 6.97. The molecule has 1 aliphatic heterocycles. The van der Waals surface area contributed by atoms with Crippen molar-refractivity contribution in [1.29, 1.82) is 0 Å². The number of carbonyl (C=O) groups is 2. The number of carbonyl (C=O) groups excluding carboxylic acids is 2. The smallest absolute Gasteiger partial charge is 0.223 e. The fourth-order valence-corrected chi connectivity index (χ4v) is 3.38. The first-order chi connectivity index (χ1) is 13.1. The average Bonchev–Trinajstić information content (AvgIpc) is 2.60. The minimum Gasteiger partial charge on any atom is -0.394 e. The number of ether oxygens (including phenoxy) is 1. The Morgan fingerprint density at radius 1 is 1.22 bits per heavy atom. The van der Waals surface area contributed by atoms with Crippen LogP contribution in [0.2, 0.25) is 5.02 Å². The molecule has 1 heterocycles. The average molecular weight is 393 g/mol. The summed E-state index contributed by atoms with van der Waals surface area (Å²) in [6.45, 7) is 0.121. The van der Waals surface area contributed by atoms with Crippen LogP contribution in [0.1, 0.15) is 31.2 Å². The van der Waals surface area contributed by atoms with Crippen molar-refractivity contribution in [1.82, 2.24) is 10.6 Å². The molecule has 27 heavy (non-hydrogen) atoms. The van der Waals surface area contributed by atoms with Crippen LogP contribution in [0, 0.1) is 5.92 Å². The highest BCUT2D eigenvalue weighted by Gasteiger charge is 2.32. The maximum absolute atomic E-state index is 12.2. The van der Waals surface area contributed by atoms with Crippen LogP contribution in [-0.4, -0.2) is 41.8 Å². The van der Waals surface area contributed by atoms with Crippen LogP contribution in [0.4, 0.5) is 0 Å². The molecule has 3 atom stereocenters. The van der Waals surface area contributed by atoms with E-state index in [1.807, 2.05) is 24.3 Å². The lowest BCUT2D eigenvalue weighted by atomic mass is 9.84. The Morgan fingerprint density at radius 3 is 2.67 bits per heavy atom. The topological polar surface area (TPSA) is 87.7 Å². The fraction of sp³-hybridized carbons (Fsp3) is 0.500. The zero-order valence-corrected chi connectivity index (χ0v) is 15.8. The van der Waals surface area contributed by atoms with E-state index in [-0.39, 0.29) is 36.8 Å². The number of aliphatic hydroxyl groups excluding tert-OH is 1. The molecule has 3 rings (SSSR count). The minimum atomic E-state index is -0.555. The van der Waals surface area contributed by atoms with Crippen molar-refractivity contribution in [2.75, 3.05) is 6.61 Å². The van der Waals surface area contributed by atoms with E-state index in [0.29, 0.717) is 11.6 Å². The first-order valence-electron chi connectivity index (χ1n) is 9.32. The second-order valence-corrected chi connectivity index (χ2v) is 7.42. The Balaban J connectivity index is 1.49. The number of hydrogen-bond acceptors (Lipinski definition) is 4. The van der Waals surface area contributed by atoms with Gasteiger partial charge in [0, 0.05) is 17.5 Å². The van der Waals surface area contributed by atoms with Crippen LogP contribution in [0.25, 0.3) is 0 Å². The second kappa shape index (κ2) is 9.35. The number of halogens is 1. The Kier molecular flexibility index (Phi) is 6.88. The van der Waals surface area contributed by atoms with Crippen molar-refractivity contribution < 1.29 is 19.4 Å². The third kappa shape index (κ3) is 5.31. The van der Waals surface area contributed by atoms with Gasteiger partial charge in [-0.1, -0.05) is 48.4 Å². The fourth-order valence-electron chi connectivity index (χ4n) is 3.18. The van der Waals surface area contributed by atoms with Crippen molar-refractivity contribution >= 4 is 23.4 Å². The SMILES string of the molecule is O=C(C[C@H]1C=C[C@H](NC(=O)C2CCC2)[C@@H](CO)O1)NCc1ccccc1Cl. The maximum Gasteiger partial charge on any atom is 0.223 e. The van der Waals surface area contributed by atoms with Gasteiger partial charge in [0.2, 0.25) is 11.8 Å². The van der Waals surface area contributed by atoms with E-state index in [0.717, 1.165) is 24.8 Å². The monoisotopic (exact) mass is 392 g/mol. The predicted molar refractivity (Wildman–Crippen MR) is 102 cm³/mol. The lowest BCUT2D eigenvalue weighted by Gasteiger charge is -2.33. The van der Waals surface area contributed by atoms with Gasteiger partial charge in [-0.25, -0.2) is 0 Å². The highest BCUT2D eigenvalue weighted by molar-refractivity contribution is 6.31. The number of rotatable bonds is 7. The van der Waals surface area contributed by atoms with Crippen LogP contribution < -0.4 is 10.6 Å². The van der Waals surface area contributed by atoms with E-state index < -0.39 is 12.2 Å². The molecule has 0 saturated heterocycles. The molecule has 0 spiro atoms. The Morgan fingerprint density at radius 2 is 2.00 bits per heavy atom. The number of benzene rings is 1. The molecule has 1 aromatic carbocycles. The molecule has 2 aliphatic rings. The lowest BCUT2D eigenvalue weighted by Crippen LogP contribution is -2.51. The van der Waals surface area contributed by atoms with Gasteiger partial charge in [-0.15, -0.1) is 0 Å². The largest absolute Gasteiger partial charge is 0.394 e. The number of nitrogens with one attached hydrogen (secondary N) is 2. The minimum absolute atomic E-state index is 0.00822. The van der Waals surface area contributed by atoms with Crippen LogP contribution in [0.5, 0.6) is 0 Å². The Bertz CT molecular complexity index is 705. The van der Waals surface area contributed by atoms with Crippen LogP contribution in [0.15, 0.2) is 36.4 Å². The molecule has 7 heteroatoms. The van der Waals surface area contributed by atoms with Crippen molar-refractivity contribution in [3.8, 4) is 0 Å². The van der Waals surface area contributed by atoms with E-state index in [9.17, 15) is 14.7 Å². The molecular weight excluding hydrogens is 368 g/mol. The molecule has 146 valence electrons. The molecular formula is C20H25ClN2O4. The molecule has 1 aromatic rings. The van der Waals surface area contributed by atoms with Gasteiger partial charge in [0.05, 0.1) is 25.2 Å². The second-order valence-electron chi connectivity index (χ2n) is 7.01. The van der Waals surface area contributed by atoms with Gasteiger partial charge in [0.1, 0.15) is 6.10 Å². The van der Waals surface area contributed by atoms with Crippen molar-refractivity contribution in [2.45, 2.75) is 50.5 Å². The third-order valence-electron chi connectivity index (χ3n) is 5.07. The summed E-state index contributed by atoms with van der Waals surface area (Å²) in [5, 5.41) is 15.9. The van der Waals surface area contributed by atoms with Gasteiger partial charge < -0.3 is 20.5 Å². The van der Waals surface area contributed by atoms with E-state index in [1.54, 1.807) is 12.1 Å². The summed E-state index contributed by atoms with van der Waals surface area (Å²) < 4.78 is 5.79. The summed E-state index contributed by atoms with van der Waals surface area (Å²) in [5.41, 5.74) is 0.847. The number of amides is 2. The molecule has 6 nitrogen and oxygen atoms in total. The van der Waals surface area contributed by atoms with E-state index in [4.69, 9.17) is 16.3 Å². The van der Waals surface area contributed by atoms with Gasteiger partial charge in [-0.2, -0.15) is 0 Å². The van der Waals surface area contributed by atoms with Gasteiger partial charge in [0.25, 0.3) is 0 Å². The van der Waals surface area contributed by atoms with E-state index in [1.165, 1.54) is 0 Å². The molecule has 0 radical (unpaired) electrons. The van der Waals surface area contributed by atoms with Gasteiger partial charge in [0.15, 0.2) is 0 Å². The highest BCUT2D eigenvalue weighted by Crippen LogP contribution is 2.27. The van der Waals surface area contributed by atoms with Crippen molar-refractivity contribution in [2.24, 2.45) is 5.92 Å². The molecule has 0 unspecified atom stereocenters. The molecule has 1 fully saturated rings. The predicted octanol–water partition coefficient (Wildman–Crippen LogP) is 1.95. The number of hydrogen-bond donors (Lipinski definition) is 3. The summed E-state index contributed by atoms with van der Waals surface area (Å²) in [4.78, 5) is 24.3. The normalized spacial score (nSPS) is 24.9. The van der Waals surface area contributed by atoms with Crippen molar-refractivity contribution in [3.63, 3.8) is 0 Å². The van der Waals surface area contributed by atoms with Gasteiger partial charge in [-0.3, -0.25) is 9.59 Å². The number of aliphatic hydroxyl groups is 1. The quantitative estimate of drug-likeness (QED) is 0.619. The molecule has 3 N–H and O–H groups in total. The zero-order valence-electron chi connectivity index (χ0n) is 15.1. The molecule has 1 aliphatic carbocycles. The third-order valence-corrected chi connectivity index (χ3v) is 5.44. The first kappa shape index (κ1) is 19.9. The lowest BCUT2D eigenvalue weighted by molar-refractivity contribution is -0.132. The molecule has 0 bridgehead atoms. The summed E-state index contributed by atoms with van der Waals surface area (Å²) in [6.07, 6.45) is 5.65. The standard InChI is InChI=1S/C20H25ClN2O4/c21-16-7-2-1-4-14(16)11-22-19(25)10-15-8-9-17(18(12-24)27-15)23-20(26)13-5-3-6-13/h1-2,4,7-9,13,15,17-18,24H,3,5-6,10-12H2,(H,22,25)(H,23,26)/t15-,17+,18-/m1/s1. The zero-order chi connectivity index (χ0) is 19.2. The van der Waals surface area contributed by atoms with E-state index in [2.05, 4.69) is 10.6 Å². The van der Waals surface area contributed by atoms with E-state index >= 15 is 0 Å². The molecule has 2 amide bonds. The Labute approximate surface area is 163 Å². The van der Waals surface area contributed by atoms with Crippen LogP contribution in [0.3, 0.4) is 0 Å².